The number of ether oxygens (including phenoxy) is 2. The Morgan fingerprint density at radius 3 is 2.76 bits per heavy atom. The Balaban J connectivity index is 2.51. The molecule has 0 saturated carbocycles. The van der Waals surface area contributed by atoms with E-state index in [0.29, 0.717) is 18.2 Å². The first kappa shape index (κ1) is 14.1. The summed E-state index contributed by atoms with van der Waals surface area (Å²) >= 11 is 1.41. The normalized spacial score (nSPS) is 12.8. The molecule has 0 aliphatic carbocycles. The highest BCUT2D eigenvalue weighted by Crippen LogP contribution is 2.14. The van der Waals surface area contributed by atoms with E-state index in [-0.39, 0.29) is 12.1 Å². The lowest BCUT2D eigenvalue weighted by molar-refractivity contribution is 0.0293. The van der Waals surface area contributed by atoms with E-state index in [0.717, 1.165) is 11.4 Å². The first-order valence-corrected chi connectivity index (χ1v) is 6.55. The lowest BCUT2D eigenvalue weighted by atomic mass is 10.1. The monoisotopic (exact) mass is 257 g/mol. The number of hydrogen-bond acceptors (Lipinski definition) is 5. The van der Waals surface area contributed by atoms with Gasteiger partial charge in [-0.05, 0) is 19.3 Å². The SMILES string of the molecule is COCc1nc(C(=O)OC(C)CC(C)C)cs1. The summed E-state index contributed by atoms with van der Waals surface area (Å²) in [5, 5.41) is 2.50. The van der Waals surface area contributed by atoms with Crippen molar-refractivity contribution in [2.45, 2.75) is 39.9 Å². The van der Waals surface area contributed by atoms with Gasteiger partial charge >= 0.3 is 5.97 Å². The van der Waals surface area contributed by atoms with E-state index in [1.165, 1.54) is 11.3 Å². The molecule has 5 heteroatoms. The highest BCUT2D eigenvalue weighted by atomic mass is 32.1. The Bertz CT molecular complexity index is 362. The molecule has 1 rings (SSSR count). The van der Waals surface area contributed by atoms with Gasteiger partial charge < -0.3 is 9.47 Å². The number of aromatic nitrogens is 1. The average Bonchev–Trinajstić information content (AvgIpc) is 2.65. The molecule has 1 atom stereocenters. The van der Waals surface area contributed by atoms with E-state index in [1.54, 1.807) is 12.5 Å². The molecule has 0 aromatic carbocycles. The van der Waals surface area contributed by atoms with E-state index in [2.05, 4.69) is 18.8 Å². The summed E-state index contributed by atoms with van der Waals surface area (Å²) in [6.07, 6.45) is 0.788. The van der Waals surface area contributed by atoms with Gasteiger partial charge in [-0.25, -0.2) is 9.78 Å². The van der Waals surface area contributed by atoms with Gasteiger partial charge in [0.15, 0.2) is 5.69 Å². The molecule has 0 N–H and O–H groups in total. The Hall–Kier alpha value is -0.940. The van der Waals surface area contributed by atoms with Gasteiger partial charge in [-0.2, -0.15) is 0 Å². The minimum atomic E-state index is -0.350. The van der Waals surface area contributed by atoms with Gasteiger partial charge in [0.1, 0.15) is 5.01 Å². The molecule has 0 spiro atoms. The first-order valence-electron chi connectivity index (χ1n) is 5.67. The fraction of sp³-hybridized carbons (Fsp3) is 0.667. The molecule has 1 aromatic rings. The van der Waals surface area contributed by atoms with E-state index >= 15 is 0 Å². The summed E-state index contributed by atoms with van der Waals surface area (Å²) in [6.45, 7) is 6.54. The summed E-state index contributed by atoms with van der Waals surface area (Å²) in [5.74, 6) is 0.161. The summed E-state index contributed by atoms with van der Waals surface area (Å²) < 4.78 is 10.3. The van der Waals surface area contributed by atoms with Gasteiger partial charge in [0.25, 0.3) is 0 Å². The predicted molar refractivity (Wildman–Crippen MR) is 67.2 cm³/mol. The Morgan fingerprint density at radius 1 is 1.47 bits per heavy atom. The third kappa shape index (κ3) is 4.83. The van der Waals surface area contributed by atoms with Gasteiger partial charge in [0.05, 0.1) is 12.7 Å². The van der Waals surface area contributed by atoms with Crippen molar-refractivity contribution in [2.75, 3.05) is 7.11 Å². The molecule has 96 valence electrons. The molecule has 17 heavy (non-hydrogen) atoms. The quantitative estimate of drug-likeness (QED) is 0.735. The largest absolute Gasteiger partial charge is 0.458 e. The predicted octanol–water partition coefficient (Wildman–Crippen LogP) is 2.88. The van der Waals surface area contributed by atoms with Crippen LogP contribution in [0, 0.1) is 5.92 Å². The van der Waals surface area contributed by atoms with Crippen molar-refractivity contribution in [3.8, 4) is 0 Å². The van der Waals surface area contributed by atoms with Crippen LogP contribution in [0.4, 0.5) is 0 Å². The van der Waals surface area contributed by atoms with Crippen LogP contribution in [-0.2, 0) is 16.1 Å². The van der Waals surface area contributed by atoms with Crippen LogP contribution in [0.25, 0.3) is 0 Å². The van der Waals surface area contributed by atoms with Crippen LogP contribution in [0.2, 0.25) is 0 Å². The van der Waals surface area contributed by atoms with Crippen LogP contribution < -0.4 is 0 Å². The molecule has 1 aromatic heterocycles. The third-order valence-corrected chi connectivity index (χ3v) is 2.96. The zero-order valence-electron chi connectivity index (χ0n) is 10.7. The van der Waals surface area contributed by atoms with Gasteiger partial charge in [-0.15, -0.1) is 11.3 Å². The maximum Gasteiger partial charge on any atom is 0.358 e. The average molecular weight is 257 g/mol. The zero-order valence-corrected chi connectivity index (χ0v) is 11.5. The van der Waals surface area contributed by atoms with Crippen molar-refractivity contribution in [2.24, 2.45) is 5.92 Å². The van der Waals surface area contributed by atoms with Crippen molar-refractivity contribution < 1.29 is 14.3 Å². The minimum Gasteiger partial charge on any atom is -0.458 e. The second-order valence-corrected chi connectivity index (χ2v) is 5.35. The van der Waals surface area contributed by atoms with Gasteiger partial charge in [0, 0.05) is 12.5 Å². The van der Waals surface area contributed by atoms with Gasteiger partial charge in [0.2, 0.25) is 0 Å². The van der Waals surface area contributed by atoms with Crippen LogP contribution in [-0.4, -0.2) is 24.2 Å². The van der Waals surface area contributed by atoms with E-state index in [9.17, 15) is 4.79 Å². The number of esters is 1. The van der Waals surface area contributed by atoms with Crippen LogP contribution in [0.5, 0.6) is 0 Å². The first-order chi connectivity index (χ1) is 8.02. The number of nitrogens with zero attached hydrogens (tertiary/aromatic N) is 1. The van der Waals surface area contributed by atoms with Crippen LogP contribution >= 0.6 is 11.3 Å². The van der Waals surface area contributed by atoms with Crippen LogP contribution in [0.3, 0.4) is 0 Å². The second kappa shape index (κ2) is 6.71. The molecule has 0 bridgehead atoms. The summed E-state index contributed by atoms with van der Waals surface area (Å²) in [4.78, 5) is 15.9. The van der Waals surface area contributed by atoms with E-state index in [4.69, 9.17) is 9.47 Å². The lowest BCUT2D eigenvalue weighted by Gasteiger charge is -2.14. The summed E-state index contributed by atoms with van der Waals surface area (Å²) in [7, 11) is 1.60. The molecule has 1 unspecified atom stereocenters. The molecule has 1 heterocycles. The highest BCUT2D eigenvalue weighted by Gasteiger charge is 2.16. The van der Waals surface area contributed by atoms with Crippen molar-refractivity contribution in [1.82, 2.24) is 4.98 Å². The molecule has 0 aliphatic rings. The molecular weight excluding hydrogens is 238 g/mol. The van der Waals surface area contributed by atoms with Crippen LogP contribution in [0.1, 0.15) is 42.7 Å². The lowest BCUT2D eigenvalue weighted by Crippen LogP contribution is -2.17. The van der Waals surface area contributed by atoms with Crippen molar-refractivity contribution >= 4 is 17.3 Å². The summed E-state index contributed by atoms with van der Waals surface area (Å²) in [6, 6.07) is 0. The second-order valence-electron chi connectivity index (χ2n) is 4.40. The molecule has 0 saturated heterocycles. The number of rotatable bonds is 6. The molecule has 0 fully saturated rings. The molecule has 4 nitrogen and oxygen atoms in total. The number of thiazole rings is 1. The van der Waals surface area contributed by atoms with E-state index in [1.807, 2.05) is 6.92 Å². The highest BCUT2D eigenvalue weighted by molar-refractivity contribution is 7.09. The zero-order chi connectivity index (χ0) is 12.8. The van der Waals surface area contributed by atoms with E-state index < -0.39 is 0 Å². The Morgan fingerprint density at radius 2 is 2.18 bits per heavy atom. The smallest absolute Gasteiger partial charge is 0.358 e. The molecule has 0 aliphatic heterocycles. The Kier molecular flexibility index (Phi) is 5.58. The fourth-order valence-electron chi connectivity index (χ4n) is 1.55. The fourth-order valence-corrected chi connectivity index (χ4v) is 2.28. The maximum absolute atomic E-state index is 11.7. The van der Waals surface area contributed by atoms with Gasteiger partial charge in [-0.3, -0.25) is 0 Å². The van der Waals surface area contributed by atoms with Crippen molar-refractivity contribution in [3.05, 3.63) is 16.1 Å². The number of hydrogen-bond donors (Lipinski definition) is 0. The number of carbonyl (C=O) groups excluding carboxylic acids is 1. The maximum atomic E-state index is 11.7. The number of methoxy groups -OCH3 is 1. The topological polar surface area (TPSA) is 48.4 Å². The number of carbonyl (C=O) groups is 1. The Labute approximate surface area is 106 Å². The third-order valence-electron chi connectivity index (χ3n) is 2.14. The molecule has 0 amide bonds. The molecular formula is C12H19NO3S. The van der Waals surface area contributed by atoms with Crippen molar-refractivity contribution in [3.63, 3.8) is 0 Å². The summed E-state index contributed by atoms with van der Waals surface area (Å²) in [5.41, 5.74) is 0.373. The standard InChI is InChI=1S/C12H19NO3S/c1-8(2)5-9(3)16-12(14)10-7-17-11(13-10)6-15-4/h7-9H,5-6H2,1-4H3. The minimum absolute atomic E-state index is 0.0740. The van der Waals surface area contributed by atoms with Crippen molar-refractivity contribution in [1.29, 1.82) is 0 Å². The van der Waals surface area contributed by atoms with Crippen LogP contribution in [0.15, 0.2) is 5.38 Å². The van der Waals surface area contributed by atoms with Gasteiger partial charge in [-0.1, -0.05) is 13.8 Å². The molecule has 0 radical (unpaired) electrons.